The number of carboxylic acids is 1. The summed E-state index contributed by atoms with van der Waals surface area (Å²) >= 11 is 0. The number of nitrogens with zero attached hydrogens (tertiary/aromatic N) is 2. The van der Waals surface area contributed by atoms with Crippen LogP contribution in [0.25, 0.3) is 33.2 Å². The molecule has 2 aliphatic heterocycles. The van der Waals surface area contributed by atoms with E-state index in [0.29, 0.717) is 12.1 Å². The van der Waals surface area contributed by atoms with E-state index in [1.807, 2.05) is 32.1 Å². The summed E-state index contributed by atoms with van der Waals surface area (Å²) in [5.41, 5.74) is 12.2. The number of ether oxygens (including phenoxy) is 1. The van der Waals surface area contributed by atoms with Gasteiger partial charge in [-0.2, -0.15) is 0 Å². The van der Waals surface area contributed by atoms with Crippen LogP contribution in [0.5, 0.6) is 0 Å². The lowest BCUT2D eigenvalue weighted by Gasteiger charge is -2.40. The number of rotatable bonds is 3. The van der Waals surface area contributed by atoms with Crippen LogP contribution >= 0.6 is 0 Å². The Hall–Kier alpha value is -4.72. The molecule has 3 unspecified atom stereocenters. The van der Waals surface area contributed by atoms with Crippen LogP contribution in [0.1, 0.15) is 71.2 Å². The SMILES string of the molecule is C=CC1=C(C)c2cc3nc(cc4[nH]c(cc5[nH]c(cc1n2)c(C)c5C)c(C)c4C)C1(C)C(C(=O)OC)C(C(=O)O)=CCC31. The molecule has 1 aliphatic carbocycles. The van der Waals surface area contributed by atoms with Crippen molar-refractivity contribution in [1.29, 1.82) is 0 Å². The zero-order chi connectivity index (χ0) is 31.0. The van der Waals surface area contributed by atoms with Crippen molar-refractivity contribution in [2.24, 2.45) is 5.92 Å². The molecule has 43 heavy (non-hydrogen) atoms. The van der Waals surface area contributed by atoms with Crippen molar-refractivity contribution in [1.82, 2.24) is 19.9 Å². The number of carbonyl (C=O) groups is 2. The number of esters is 1. The van der Waals surface area contributed by atoms with E-state index >= 15 is 0 Å². The van der Waals surface area contributed by atoms with E-state index in [-0.39, 0.29) is 11.5 Å². The first-order valence-electron chi connectivity index (χ1n) is 14.4. The highest BCUT2D eigenvalue weighted by molar-refractivity contribution is 5.97. The number of aromatic amines is 2. The molecule has 8 bridgehead atoms. The Morgan fingerprint density at radius 1 is 0.930 bits per heavy atom. The largest absolute Gasteiger partial charge is 0.478 e. The molecule has 3 N–H and O–H groups in total. The number of aryl methyl sites for hydroxylation is 4. The van der Waals surface area contributed by atoms with Gasteiger partial charge in [0.15, 0.2) is 0 Å². The van der Waals surface area contributed by atoms with Gasteiger partial charge in [-0.05, 0) is 93.1 Å². The molecule has 220 valence electrons. The number of aliphatic carboxylic acids is 1. The van der Waals surface area contributed by atoms with Crippen molar-refractivity contribution in [3.05, 3.63) is 93.6 Å². The van der Waals surface area contributed by atoms with Crippen LogP contribution in [0.2, 0.25) is 0 Å². The molecule has 0 aromatic carbocycles. The molecular formula is C35H36N4O4. The second kappa shape index (κ2) is 9.93. The highest BCUT2D eigenvalue weighted by Gasteiger charge is 2.56. The number of nitrogens with one attached hydrogen (secondary N) is 2. The molecule has 3 aliphatic rings. The number of carbonyl (C=O) groups excluding carboxylic acids is 1. The van der Waals surface area contributed by atoms with E-state index in [2.05, 4.69) is 56.4 Å². The highest BCUT2D eigenvalue weighted by Crippen LogP contribution is 2.55. The highest BCUT2D eigenvalue weighted by atomic mass is 16.5. The third kappa shape index (κ3) is 4.11. The lowest BCUT2D eigenvalue weighted by atomic mass is 9.60. The van der Waals surface area contributed by atoms with E-state index in [0.717, 1.165) is 72.5 Å². The van der Waals surface area contributed by atoms with Crippen LogP contribution in [0.15, 0.2) is 48.6 Å². The van der Waals surface area contributed by atoms with E-state index < -0.39 is 23.3 Å². The number of carboxylic acid groups (broad SMARTS) is 1. The second-order valence-corrected chi connectivity index (χ2v) is 12.0. The molecule has 5 heterocycles. The normalized spacial score (nSPS) is 21.3. The summed E-state index contributed by atoms with van der Waals surface area (Å²) in [6.45, 7) is 16.4. The average Bonchev–Trinajstić information content (AvgIpc) is 3.61. The van der Waals surface area contributed by atoms with Gasteiger partial charge in [0.2, 0.25) is 0 Å². The quantitative estimate of drug-likeness (QED) is 0.291. The molecule has 8 nitrogen and oxygen atoms in total. The molecular weight excluding hydrogens is 540 g/mol. The van der Waals surface area contributed by atoms with Gasteiger partial charge >= 0.3 is 11.9 Å². The van der Waals surface area contributed by atoms with Crippen LogP contribution in [-0.2, 0) is 19.7 Å². The van der Waals surface area contributed by atoms with Gasteiger partial charge in [0, 0.05) is 50.2 Å². The van der Waals surface area contributed by atoms with Gasteiger partial charge < -0.3 is 19.8 Å². The van der Waals surface area contributed by atoms with Crippen LogP contribution in [-0.4, -0.2) is 44.1 Å². The Kier molecular flexibility index (Phi) is 6.56. The molecule has 0 saturated carbocycles. The van der Waals surface area contributed by atoms with Gasteiger partial charge in [-0.25, -0.2) is 9.78 Å². The molecule has 8 heteroatoms. The Labute approximate surface area is 250 Å². The van der Waals surface area contributed by atoms with E-state index in [9.17, 15) is 14.7 Å². The van der Waals surface area contributed by atoms with E-state index in [1.165, 1.54) is 7.11 Å². The van der Waals surface area contributed by atoms with Crippen molar-refractivity contribution >= 4 is 45.2 Å². The average molecular weight is 577 g/mol. The van der Waals surface area contributed by atoms with Gasteiger partial charge in [0.25, 0.3) is 0 Å². The van der Waals surface area contributed by atoms with Crippen LogP contribution in [0.4, 0.5) is 0 Å². The summed E-state index contributed by atoms with van der Waals surface area (Å²) in [5.74, 6) is -3.03. The molecule has 3 atom stereocenters. The van der Waals surface area contributed by atoms with Crippen LogP contribution in [0, 0.1) is 33.6 Å². The zero-order valence-corrected chi connectivity index (χ0v) is 25.6. The molecule has 0 saturated heterocycles. The maximum Gasteiger partial charge on any atom is 0.332 e. The third-order valence-corrected chi connectivity index (χ3v) is 9.97. The Morgan fingerprint density at radius 3 is 2.07 bits per heavy atom. The summed E-state index contributed by atoms with van der Waals surface area (Å²) in [5, 5.41) is 10.1. The van der Waals surface area contributed by atoms with Gasteiger partial charge in [0.05, 0.1) is 24.2 Å². The van der Waals surface area contributed by atoms with Crippen LogP contribution < -0.4 is 0 Å². The predicted octanol–water partition coefficient (Wildman–Crippen LogP) is 6.91. The van der Waals surface area contributed by atoms with Gasteiger partial charge in [-0.15, -0.1) is 0 Å². The van der Waals surface area contributed by atoms with Crippen LogP contribution in [0.3, 0.4) is 0 Å². The van der Waals surface area contributed by atoms with Crippen molar-refractivity contribution < 1.29 is 19.4 Å². The van der Waals surface area contributed by atoms with Crippen molar-refractivity contribution in [3.8, 4) is 0 Å². The number of hydrogen-bond acceptors (Lipinski definition) is 5. The number of fused-ring (bicyclic) bond motifs is 11. The molecule has 0 radical (unpaired) electrons. The number of methoxy groups -OCH3 is 1. The zero-order valence-electron chi connectivity index (χ0n) is 25.6. The molecule has 3 aromatic heterocycles. The maximum absolute atomic E-state index is 13.3. The minimum Gasteiger partial charge on any atom is -0.478 e. The first-order valence-corrected chi connectivity index (χ1v) is 14.4. The molecule has 3 aromatic rings. The summed E-state index contributed by atoms with van der Waals surface area (Å²) in [6, 6.07) is 8.13. The van der Waals surface area contributed by atoms with Crippen molar-refractivity contribution in [3.63, 3.8) is 0 Å². The maximum atomic E-state index is 13.3. The van der Waals surface area contributed by atoms with Gasteiger partial charge in [0.1, 0.15) is 5.92 Å². The Balaban J connectivity index is 1.78. The standard InChI is InChI=1S/C35H36N4O4/c1-9-21-20(6)27-14-30-23-11-10-22(33(40)41)32(34(42)43-8)35(23,7)31(39-30)15-28-19(5)18(4)25(37-28)12-24-16(2)17(3)26(36-24)13-29(21)38-27/h9-10,12-15,23,32,36-37H,1,11H2,2-8H3,(H,40,41). The first-order chi connectivity index (χ1) is 20.4. The number of allylic oxidation sites excluding steroid dienone is 4. The molecule has 0 spiro atoms. The number of hydrogen-bond donors (Lipinski definition) is 3. The van der Waals surface area contributed by atoms with Gasteiger partial charge in [-0.3, -0.25) is 9.78 Å². The fraction of sp³-hybridized carbons (Fsp3) is 0.314. The number of aromatic nitrogens is 4. The summed E-state index contributed by atoms with van der Waals surface area (Å²) < 4.78 is 5.21. The lowest BCUT2D eigenvalue weighted by Crippen LogP contribution is -2.45. The monoisotopic (exact) mass is 576 g/mol. The van der Waals surface area contributed by atoms with Crippen molar-refractivity contribution in [2.45, 2.75) is 59.3 Å². The fourth-order valence-electron chi connectivity index (χ4n) is 6.97. The molecule has 0 fully saturated rings. The minimum absolute atomic E-state index is 0.0360. The summed E-state index contributed by atoms with van der Waals surface area (Å²) in [7, 11) is 1.30. The Bertz CT molecular complexity index is 1990. The molecule has 0 amide bonds. The smallest absolute Gasteiger partial charge is 0.332 e. The minimum atomic E-state index is -1.13. The van der Waals surface area contributed by atoms with Gasteiger partial charge in [-0.1, -0.05) is 25.7 Å². The summed E-state index contributed by atoms with van der Waals surface area (Å²) in [6.07, 6.45) is 3.89. The van der Waals surface area contributed by atoms with Crippen molar-refractivity contribution in [2.75, 3.05) is 7.11 Å². The fourth-order valence-corrected chi connectivity index (χ4v) is 6.97. The van der Waals surface area contributed by atoms with E-state index in [1.54, 1.807) is 6.08 Å². The second-order valence-electron chi connectivity index (χ2n) is 12.0. The number of H-pyrrole nitrogens is 2. The Morgan fingerprint density at radius 2 is 1.51 bits per heavy atom. The first kappa shape index (κ1) is 28.4. The topological polar surface area (TPSA) is 121 Å². The predicted molar refractivity (Wildman–Crippen MR) is 169 cm³/mol. The lowest BCUT2D eigenvalue weighted by molar-refractivity contribution is -0.149. The molecule has 6 rings (SSSR count). The third-order valence-electron chi connectivity index (χ3n) is 9.97. The van der Waals surface area contributed by atoms with E-state index in [4.69, 9.17) is 14.7 Å². The summed E-state index contributed by atoms with van der Waals surface area (Å²) in [4.78, 5) is 43.1.